The molecule has 0 aromatic heterocycles. The van der Waals surface area contributed by atoms with E-state index in [-0.39, 0.29) is 11.8 Å². The molecule has 14 heavy (non-hydrogen) atoms. The van der Waals surface area contributed by atoms with Gasteiger partial charge in [-0.05, 0) is 25.9 Å². The monoisotopic (exact) mass is 200 g/mol. The number of rotatable bonds is 3. The molecule has 1 fully saturated rings. The molecule has 2 N–H and O–H groups in total. The molecule has 1 aliphatic heterocycles. The summed E-state index contributed by atoms with van der Waals surface area (Å²) >= 11 is 0. The molecular weight excluding hydrogens is 180 g/mol. The molecule has 4 heteroatoms. The minimum absolute atomic E-state index is 0.127. The van der Waals surface area contributed by atoms with Crippen LogP contribution in [0.5, 0.6) is 0 Å². The van der Waals surface area contributed by atoms with Crippen LogP contribution < -0.4 is 5.48 Å². The highest BCUT2D eigenvalue weighted by molar-refractivity contribution is 5.77. The number of likely N-dealkylation sites (tertiary alicyclic amines) is 1. The van der Waals surface area contributed by atoms with E-state index < -0.39 is 0 Å². The second kappa shape index (κ2) is 5.98. The van der Waals surface area contributed by atoms with Crippen molar-refractivity contribution in [1.82, 2.24) is 10.4 Å². The van der Waals surface area contributed by atoms with Crippen LogP contribution in [-0.4, -0.2) is 35.6 Å². The lowest BCUT2D eigenvalue weighted by atomic mass is 10.1. The van der Waals surface area contributed by atoms with Crippen LogP contribution >= 0.6 is 0 Å². The number of carbonyl (C=O) groups excluding carboxylic acids is 1. The Labute approximate surface area is 85.2 Å². The van der Waals surface area contributed by atoms with Gasteiger partial charge in [-0.25, -0.2) is 5.48 Å². The normalized spacial score (nSPS) is 21.3. The zero-order valence-corrected chi connectivity index (χ0v) is 8.83. The lowest BCUT2D eigenvalue weighted by molar-refractivity contribution is -0.133. The van der Waals surface area contributed by atoms with Gasteiger partial charge in [-0.15, -0.1) is 0 Å². The lowest BCUT2D eigenvalue weighted by Crippen LogP contribution is -2.36. The summed E-state index contributed by atoms with van der Waals surface area (Å²) in [4.78, 5) is 13.4. The van der Waals surface area contributed by atoms with E-state index in [0.717, 1.165) is 19.6 Å². The zero-order chi connectivity index (χ0) is 10.4. The van der Waals surface area contributed by atoms with Crippen LogP contribution in [-0.2, 0) is 4.79 Å². The van der Waals surface area contributed by atoms with Gasteiger partial charge in [0.05, 0.1) is 0 Å². The fourth-order valence-electron chi connectivity index (χ4n) is 1.90. The molecule has 1 heterocycles. The van der Waals surface area contributed by atoms with Gasteiger partial charge in [0.25, 0.3) is 0 Å². The van der Waals surface area contributed by atoms with E-state index in [1.54, 1.807) is 5.48 Å². The van der Waals surface area contributed by atoms with Crippen LogP contribution in [0.3, 0.4) is 0 Å². The van der Waals surface area contributed by atoms with Gasteiger partial charge in [-0.2, -0.15) is 0 Å². The van der Waals surface area contributed by atoms with Gasteiger partial charge in [0.2, 0.25) is 5.91 Å². The van der Waals surface area contributed by atoms with Gasteiger partial charge in [-0.3, -0.25) is 10.0 Å². The van der Waals surface area contributed by atoms with Gasteiger partial charge in [0, 0.05) is 12.5 Å². The Bertz CT molecular complexity index is 177. The third kappa shape index (κ3) is 3.64. The number of nitrogens with zero attached hydrogens (tertiary/aromatic N) is 1. The predicted molar refractivity (Wildman–Crippen MR) is 54.0 cm³/mol. The van der Waals surface area contributed by atoms with E-state index in [1.807, 2.05) is 6.92 Å². The maximum Gasteiger partial charge on any atom is 0.247 e. The quantitative estimate of drug-likeness (QED) is 0.528. The van der Waals surface area contributed by atoms with Crippen molar-refractivity contribution < 1.29 is 10.0 Å². The van der Waals surface area contributed by atoms with Crippen LogP contribution in [0.15, 0.2) is 0 Å². The van der Waals surface area contributed by atoms with E-state index in [4.69, 9.17) is 5.21 Å². The summed E-state index contributed by atoms with van der Waals surface area (Å²) in [6.07, 6.45) is 5.06. The summed E-state index contributed by atoms with van der Waals surface area (Å²) in [5, 5.41) is 8.47. The average molecular weight is 200 g/mol. The maximum absolute atomic E-state index is 11.1. The number of amides is 1. The lowest BCUT2D eigenvalue weighted by Gasteiger charge is -2.22. The van der Waals surface area contributed by atoms with Gasteiger partial charge in [-0.1, -0.05) is 19.8 Å². The molecular formula is C10H20N2O2. The van der Waals surface area contributed by atoms with Gasteiger partial charge in [0.1, 0.15) is 0 Å². The second-order valence-corrected chi connectivity index (χ2v) is 4.09. The first kappa shape index (κ1) is 11.5. The summed E-state index contributed by atoms with van der Waals surface area (Å²) in [5.74, 6) is -0.410. The van der Waals surface area contributed by atoms with Crippen molar-refractivity contribution in [3.63, 3.8) is 0 Å². The first-order chi connectivity index (χ1) is 6.74. The fourth-order valence-corrected chi connectivity index (χ4v) is 1.90. The van der Waals surface area contributed by atoms with Crippen LogP contribution in [0.4, 0.5) is 0 Å². The summed E-state index contributed by atoms with van der Waals surface area (Å²) < 4.78 is 0. The largest absolute Gasteiger partial charge is 0.303 e. The molecule has 0 spiro atoms. The highest BCUT2D eigenvalue weighted by Gasteiger charge is 2.17. The molecule has 4 nitrogen and oxygen atoms in total. The van der Waals surface area contributed by atoms with Gasteiger partial charge in [0.15, 0.2) is 0 Å². The van der Waals surface area contributed by atoms with Gasteiger partial charge < -0.3 is 4.90 Å². The highest BCUT2D eigenvalue weighted by Crippen LogP contribution is 2.11. The molecule has 82 valence electrons. The summed E-state index contributed by atoms with van der Waals surface area (Å²) in [5.41, 5.74) is 1.70. The first-order valence-corrected chi connectivity index (χ1v) is 5.40. The summed E-state index contributed by atoms with van der Waals surface area (Å²) in [6, 6.07) is 0. The third-order valence-corrected chi connectivity index (χ3v) is 2.79. The molecule has 0 aliphatic carbocycles. The number of carbonyl (C=O) groups is 1. The van der Waals surface area contributed by atoms with Crippen molar-refractivity contribution in [1.29, 1.82) is 0 Å². The first-order valence-electron chi connectivity index (χ1n) is 5.40. The fraction of sp³-hybridized carbons (Fsp3) is 0.900. The molecule has 1 rings (SSSR count). The third-order valence-electron chi connectivity index (χ3n) is 2.79. The van der Waals surface area contributed by atoms with E-state index in [1.165, 1.54) is 25.7 Å². The Morgan fingerprint density at radius 2 is 1.93 bits per heavy atom. The standard InChI is InChI=1S/C10H20N2O2/c1-9(10(13)11-14)8-12-6-4-2-3-5-7-12/h9,14H,2-8H2,1H3,(H,11,13). The van der Waals surface area contributed by atoms with Crippen molar-refractivity contribution in [2.24, 2.45) is 5.92 Å². The summed E-state index contributed by atoms with van der Waals surface area (Å²) in [7, 11) is 0. The Morgan fingerprint density at radius 1 is 1.36 bits per heavy atom. The number of hydrogen-bond donors (Lipinski definition) is 2. The van der Waals surface area contributed by atoms with Crippen molar-refractivity contribution in [3.05, 3.63) is 0 Å². The van der Waals surface area contributed by atoms with Crippen molar-refractivity contribution in [2.75, 3.05) is 19.6 Å². The van der Waals surface area contributed by atoms with Crippen LogP contribution in [0, 0.1) is 5.92 Å². The van der Waals surface area contributed by atoms with Gasteiger partial charge >= 0.3 is 0 Å². The molecule has 0 aromatic carbocycles. The van der Waals surface area contributed by atoms with Crippen LogP contribution in [0.2, 0.25) is 0 Å². The number of nitrogens with one attached hydrogen (secondary N) is 1. The molecule has 1 amide bonds. The topological polar surface area (TPSA) is 52.6 Å². The van der Waals surface area contributed by atoms with Crippen molar-refractivity contribution in [2.45, 2.75) is 32.6 Å². The molecule has 0 bridgehead atoms. The molecule has 0 aromatic rings. The van der Waals surface area contributed by atoms with E-state index in [0.29, 0.717) is 0 Å². The Balaban J connectivity index is 2.30. The molecule has 0 saturated carbocycles. The number of hydrogen-bond acceptors (Lipinski definition) is 3. The molecule has 1 atom stereocenters. The second-order valence-electron chi connectivity index (χ2n) is 4.09. The molecule has 1 aliphatic rings. The van der Waals surface area contributed by atoms with E-state index >= 15 is 0 Å². The average Bonchev–Trinajstić information content (AvgIpc) is 2.45. The highest BCUT2D eigenvalue weighted by atomic mass is 16.5. The van der Waals surface area contributed by atoms with E-state index in [2.05, 4.69) is 4.90 Å². The van der Waals surface area contributed by atoms with E-state index in [9.17, 15) is 4.79 Å². The number of hydroxylamine groups is 1. The predicted octanol–water partition coefficient (Wildman–Crippen LogP) is 1.00. The minimum Gasteiger partial charge on any atom is -0.303 e. The van der Waals surface area contributed by atoms with Crippen LogP contribution in [0.25, 0.3) is 0 Å². The minimum atomic E-state index is -0.283. The summed E-state index contributed by atoms with van der Waals surface area (Å²) in [6.45, 7) is 4.77. The van der Waals surface area contributed by atoms with Crippen LogP contribution in [0.1, 0.15) is 32.6 Å². The Hall–Kier alpha value is -0.610. The Kier molecular flexibility index (Phi) is 4.90. The van der Waals surface area contributed by atoms with Crippen molar-refractivity contribution >= 4 is 5.91 Å². The zero-order valence-electron chi connectivity index (χ0n) is 8.83. The maximum atomic E-state index is 11.1. The molecule has 1 unspecified atom stereocenters. The smallest absolute Gasteiger partial charge is 0.247 e. The molecule has 1 saturated heterocycles. The van der Waals surface area contributed by atoms with Crippen molar-refractivity contribution in [3.8, 4) is 0 Å². The molecule has 0 radical (unpaired) electrons. The Morgan fingerprint density at radius 3 is 2.43 bits per heavy atom. The SMILES string of the molecule is CC(CN1CCCCCC1)C(=O)NO.